The third-order valence-corrected chi connectivity index (χ3v) is 3.12. The number of nitrogens with two attached hydrogens (primary N) is 1. The van der Waals surface area contributed by atoms with Gasteiger partial charge in [-0.25, -0.2) is 0 Å². The lowest BCUT2D eigenvalue weighted by molar-refractivity contribution is -0.384. The number of nitro groups is 1. The lowest BCUT2D eigenvalue weighted by atomic mass is 10.1. The third-order valence-electron chi connectivity index (χ3n) is 3.12. The van der Waals surface area contributed by atoms with Gasteiger partial charge < -0.3 is 10.6 Å². The molecule has 0 atom stereocenters. The maximum atomic E-state index is 13.0. The molecule has 1 saturated carbocycles. The minimum Gasteiger partial charge on any atom is -0.393 e. The van der Waals surface area contributed by atoms with Crippen LogP contribution in [0.1, 0.15) is 18.4 Å². The van der Waals surface area contributed by atoms with Crippen LogP contribution in [-0.2, 0) is 6.18 Å². The highest BCUT2D eigenvalue weighted by atomic mass is 19.4. The Bertz CT molecular complexity index is 527. The van der Waals surface area contributed by atoms with E-state index in [0.717, 1.165) is 18.9 Å². The Morgan fingerprint density at radius 2 is 2.00 bits per heavy atom. The van der Waals surface area contributed by atoms with E-state index >= 15 is 0 Å². The van der Waals surface area contributed by atoms with Gasteiger partial charge in [-0.1, -0.05) is 0 Å². The molecule has 1 aromatic carbocycles. The molecule has 1 aromatic rings. The van der Waals surface area contributed by atoms with Gasteiger partial charge in [0.25, 0.3) is 5.69 Å². The number of nitrogen functional groups attached to an aromatic ring is 1. The van der Waals surface area contributed by atoms with E-state index in [9.17, 15) is 23.3 Å². The molecule has 2 rings (SSSR count). The molecule has 1 aliphatic carbocycles. The number of alkyl halides is 3. The summed E-state index contributed by atoms with van der Waals surface area (Å²) in [5.41, 5.74) is 3.33. The normalized spacial score (nSPS) is 15.4. The van der Waals surface area contributed by atoms with Crippen LogP contribution < -0.4 is 10.6 Å². The van der Waals surface area contributed by atoms with Crippen molar-refractivity contribution < 1.29 is 18.1 Å². The van der Waals surface area contributed by atoms with Crippen LogP contribution in [0.25, 0.3) is 0 Å². The second-order valence-corrected chi connectivity index (χ2v) is 4.53. The van der Waals surface area contributed by atoms with E-state index in [1.165, 1.54) is 11.9 Å². The van der Waals surface area contributed by atoms with Gasteiger partial charge in [0, 0.05) is 19.2 Å². The zero-order valence-electron chi connectivity index (χ0n) is 10.1. The Kier molecular flexibility index (Phi) is 3.03. The number of hydrogen-bond acceptors (Lipinski definition) is 4. The van der Waals surface area contributed by atoms with Gasteiger partial charge in [0.15, 0.2) is 0 Å². The molecule has 2 N–H and O–H groups in total. The maximum Gasteiger partial charge on any atom is 0.418 e. The van der Waals surface area contributed by atoms with Crippen LogP contribution in [-0.4, -0.2) is 18.0 Å². The molecule has 19 heavy (non-hydrogen) atoms. The number of benzene rings is 1. The minimum atomic E-state index is -4.66. The first-order valence-corrected chi connectivity index (χ1v) is 5.59. The zero-order valence-corrected chi connectivity index (χ0v) is 10.1. The van der Waals surface area contributed by atoms with Crippen LogP contribution in [0.15, 0.2) is 12.1 Å². The maximum absolute atomic E-state index is 13.0. The third kappa shape index (κ3) is 2.56. The fourth-order valence-electron chi connectivity index (χ4n) is 1.93. The van der Waals surface area contributed by atoms with Gasteiger partial charge in [0.2, 0.25) is 0 Å². The first-order chi connectivity index (χ1) is 8.71. The van der Waals surface area contributed by atoms with E-state index in [-0.39, 0.29) is 17.4 Å². The predicted octanol–water partition coefficient (Wildman–Crippen LogP) is 2.79. The van der Waals surface area contributed by atoms with Crippen LogP contribution in [0.4, 0.5) is 30.2 Å². The molecule has 0 aliphatic heterocycles. The van der Waals surface area contributed by atoms with Gasteiger partial charge in [-0.2, -0.15) is 13.2 Å². The Morgan fingerprint density at radius 3 is 2.42 bits per heavy atom. The number of hydrogen-bond donors (Lipinski definition) is 1. The predicted molar refractivity (Wildman–Crippen MR) is 63.9 cm³/mol. The summed E-state index contributed by atoms with van der Waals surface area (Å²) >= 11 is 0. The summed E-state index contributed by atoms with van der Waals surface area (Å²) in [7, 11) is 1.54. The SMILES string of the molecule is CN(c1cc(N)c([N+](=O)[O-])cc1C(F)(F)F)C1CC1. The molecule has 0 spiro atoms. The smallest absolute Gasteiger partial charge is 0.393 e. The Morgan fingerprint density at radius 1 is 1.42 bits per heavy atom. The Labute approximate surface area is 106 Å². The summed E-state index contributed by atoms with van der Waals surface area (Å²) in [4.78, 5) is 11.2. The second kappa shape index (κ2) is 4.29. The standard InChI is InChI=1S/C11H12F3N3O2/c1-16(6-2-3-6)9-5-8(15)10(17(18)19)4-7(9)11(12,13)14/h4-6H,2-3,15H2,1H3. The van der Waals surface area contributed by atoms with E-state index < -0.39 is 22.4 Å². The molecule has 104 valence electrons. The monoisotopic (exact) mass is 275 g/mol. The lowest BCUT2D eigenvalue weighted by Gasteiger charge is -2.23. The van der Waals surface area contributed by atoms with E-state index in [1.807, 2.05) is 0 Å². The Balaban J connectivity index is 2.57. The highest BCUT2D eigenvalue weighted by Gasteiger charge is 2.39. The van der Waals surface area contributed by atoms with Crippen molar-refractivity contribution in [2.24, 2.45) is 0 Å². The molecule has 0 heterocycles. The first-order valence-electron chi connectivity index (χ1n) is 5.59. The van der Waals surface area contributed by atoms with Crippen molar-refractivity contribution in [2.45, 2.75) is 25.1 Å². The van der Waals surface area contributed by atoms with Crippen LogP contribution in [0.5, 0.6) is 0 Å². The van der Waals surface area contributed by atoms with Gasteiger partial charge in [-0.15, -0.1) is 0 Å². The summed E-state index contributed by atoms with van der Waals surface area (Å²) < 4.78 is 38.9. The van der Waals surface area contributed by atoms with Crippen molar-refractivity contribution in [3.05, 3.63) is 27.8 Å². The number of nitro benzene ring substituents is 1. The van der Waals surface area contributed by atoms with Crippen molar-refractivity contribution >= 4 is 17.1 Å². The summed E-state index contributed by atoms with van der Waals surface area (Å²) in [5.74, 6) is 0. The molecule has 5 nitrogen and oxygen atoms in total. The van der Waals surface area contributed by atoms with Gasteiger partial charge >= 0.3 is 6.18 Å². The average molecular weight is 275 g/mol. The van der Waals surface area contributed by atoms with Gasteiger partial charge in [0.1, 0.15) is 5.69 Å². The zero-order chi connectivity index (χ0) is 14.4. The van der Waals surface area contributed by atoms with Crippen LogP contribution in [0.3, 0.4) is 0 Å². The number of anilines is 2. The molecule has 1 aliphatic rings. The highest BCUT2D eigenvalue weighted by Crippen LogP contribution is 2.43. The van der Waals surface area contributed by atoms with E-state index in [0.29, 0.717) is 6.07 Å². The molecular weight excluding hydrogens is 263 g/mol. The molecular formula is C11H12F3N3O2. The summed E-state index contributed by atoms with van der Waals surface area (Å²) in [6.45, 7) is 0. The van der Waals surface area contributed by atoms with Crippen molar-refractivity contribution in [3.8, 4) is 0 Å². The summed E-state index contributed by atoms with van der Waals surface area (Å²) in [5, 5.41) is 10.7. The molecule has 0 radical (unpaired) electrons. The topological polar surface area (TPSA) is 72.4 Å². The van der Waals surface area contributed by atoms with E-state index in [2.05, 4.69) is 0 Å². The van der Waals surface area contributed by atoms with Crippen LogP contribution in [0, 0.1) is 10.1 Å². The average Bonchev–Trinajstić information content (AvgIpc) is 3.09. The molecule has 8 heteroatoms. The van der Waals surface area contributed by atoms with E-state index in [4.69, 9.17) is 5.73 Å². The first kappa shape index (κ1) is 13.4. The van der Waals surface area contributed by atoms with Gasteiger partial charge in [-0.05, 0) is 18.9 Å². The summed E-state index contributed by atoms with van der Waals surface area (Å²) in [6, 6.07) is 1.57. The molecule has 0 bridgehead atoms. The van der Waals surface area contributed by atoms with Gasteiger partial charge in [-0.3, -0.25) is 10.1 Å². The molecule has 0 aromatic heterocycles. The molecule has 0 amide bonds. The van der Waals surface area contributed by atoms with Crippen molar-refractivity contribution in [2.75, 3.05) is 17.7 Å². The highest BCUT2D eigenvalue weighted by molar-refractivity contribution is 5.71. The Hall–Kier alpha value is -1.99. The molecule has 0 saturated heterocycles. The summed E-state index contributed by atoms with van der Waals surface area (Å²) in [6.07, 6.45) is -3.04. The fraction of sp³-hybridized carbons (Fsp3) is 0.455. The largest absolute Gasteiger partial charge is 0.418 e. The number of nitrogens with zero attached hydrogens (tertiary/aromatic N) is 2. The molecule has 0 unspecified atom stereocenters. The molecule has 1 fully saturated rings. The van der Waals surface area contributed by atoms with Crippen molar-refractivity contribution in [3.63, 3.8) is 0 Å². The number of halogens is 3. The van der Waals surface area contributed by atoms with Gasteiger partial charge in [0.05, 0.1) is 16.2 Å². The van der Waals surface area contributed by atoms with Crippen molar-refractivity contribution in [1.82, 2.24) is 0 Å². The van der Waals surface area contributed by atoms with Crippen LogP contribution >= 0.6 is 0 Å². The number of rotatable bonds is 3. The van der Waals surface area contributed by atoms with Crippen LogP contribution in [0.2, 0.25) is 0 Å². The van der Waals surface area contributed by atoms with E-state index in [1.54, 1.807) is 0 Å². The second-order valence-electron chi connectivity index (χ2n) is 4.53. The van der Waals surface area contributed by atoms with Crippen molar-refractivity contribution in [1.29, 1.82) is 0 Å². The fourth-order valence-corrected chi connectivity index (χ4v) is 1.93. The quantitative estimate of drug-likeness (QED) is 0.523. The lowest BCUT2D eigenvalue weighted by Crippen LogP contribution is -2.23. The minimum absolute atomic E-state index is 0.0435.